The fraction of sp³-hybridized carbons (Fsp3) is 0.611. The number of hydrogen-bond acceptors (Lipinski definition) is 4. The van der Waals surface area contributed by atoms with Crippen molar-refractivity contribution in [1.82, 2.24) is 4.90 Å². The lowest BCUT2D eigenvalue weighted by Gasteiger charge is -2.34. The van der Waals surface area contributed by atoms with Gasteiger partial charge in [0.2, 0.25) is 5.91 Å². The molecule has 3 rings (SSSR count). The number of carbonyl (C=O) groups excluding carboxylic acids is 1. The van der Waals surface area contributed by atoms with E-state index in [1.54, 1.807) is 12.0 Å². The first-order chi connectivity index (χ1) is 11.5. The predicted molar refractivity (Wildman–Crippen MR) is 92.8 cm³/mol. The molecule has 0 radical (unpaired) electrons. The lowest BCUT2D eigenvalue weighted by molar-refractivity contribution is -0.135. The van der Waals surface area contributed by atoms with Crippen molar-refractivity contribution >= 4 is 15.7 Å². The first kappa shape index (κ1) is 17.4. The van der Waals surface area contributed by atoms with Crippen LogP contribution in [0.25, 0.3) is 0 Å². The zero-order chi connectivity index (χ0) is 17.2. The molecule has 2 atom stereocenters. The Kier molecular flexibility index (Phi) is 5.25. The molecule has 24 heavy (non-hydrogen) atoms. The average Bonchev–Trinajstić information content (AvgIpc) is 2.94. The molecule has 1 amide bonds. The smallest absolute Gasteiger partial charge is 0.230 e. The third-order valence-corrected chi connectivity index (χ3v) is 6.89. The van der Waals surface area contributed by atoms with Gasteiger partial charge in [0.25, 0.3) is 0 Å². The van der Waals surface area contributed by atoms with Gasteiger partial charge in [0.05, 0.1) is 24.0 Å². The molecular weight excluding hydrogens is 326 g/mol. The first-order valence-electron chi connectivity index (χ1n) is 8.59. The molecule has 0 saturated carbocycles. The summed E-state index contributed by atoms with van der Waals surface area (Å²) in [5, 5.41) is 0. The number of ether oxygens (including phenoxy) is 1. The van der Waals surface area contributed by atoms with Crippen LogP contribution in [0.5, 0.6) is 0 Å². The summed E-state index contributed by atoms with van der Waals surface area (Å²) in [6.45, 7) is 0.880. The Morgan fingerprint density at radius 1 is 1.29 bits per heavy atom. The molecule has 0 aromatic heterocycles. The fourth-order valence-corrected chi connectivity index (χ4v) is 5.62. The van der Waals surface area contributed by atoms with E-state index in [-0.39, 0.29) is 29.4 Å². The lowest BCUT2D eigenvalue weighted by atomic mass is 9.82. The molecule has 1 heterocycles. The van der Waals surface area contributed by atoms with Gasteiger partial charge < -0.3 is 9.64 Å². The number of aryl methyl sites for hydroxylation is 1. The van der Waals surface area contributed by atoms with Crippen LogP contribution in [0.3, 0.4) is 0 Å². The number of fused-ring (bicyclic) bond motifs is 1. The van der Waals surface area contributed by atoms with Crippen molar-refractivity contribution in [3.05, 3.63) is 35.4 Å². The Bertz CT molecular complexity index is 701. The van der Waals surface area contributed by atoms with E-state index in [0.29, 0.717) is 19.6 Å². The molecule has 1 aromatic rings. The van der Waals surface area contributed by atoms with Crippen LogP contribution in [0.2, 0.25) is 0 Å². The highest BCUT2D eigenvalue weighted by molar-refractivity contribution is 7.91. The van der Waals surface area contributed by atoms with Gasteiger partial charge in [-0.3, -0.25) is 4.79 Å². The fourth-order valence-electron chi connectivity index (χ4n) is 3.89. The molecule has 0 spiro atoms. The van der Waals surface area contributed by atoms with Crippen LogP contribution in [-0.4, -0.2) is 57.0 Å². The van der Waals surface area contributed by atoms with Crippen LogP contribution < -0.4 is 0 Å². The van der Waals surface area contributed by atoms with Crippen molar-refractivity contribution in [3.8, 4) is 0 Å². The Morgan fingerprint density at radius 3 is 2.79 bits per heavy atom. The van der Waals surface area contributed by atoms with E-state index in [1.807, 2.05) is 18.2 Å². The van der Waals surface area contributed by atoms with Crippen LogP contribution >= 0.6 is 0 Å². The van der Waals surface area contributed by atoms with Crippen molar-refractivity contribution in [2.75, 3.05) is 31.8 Å². The minimum atomic E-state index is -3.02. The Hall–Kier alpha value is -1.40. The van der Waals surface area contributed by atoms with Gasteiger partial charge in [0.15, 0.2) is 9.84 Å². The standard InChI is InChI=1S/C18H25NO4S/c1-23-11-10-19(15-9-12-24(21,22)13-15)18(20)17-8-4-6-14-5-2-3-7-16(14)17/h2-3,5,7,15,17H,4,6,8-13H2,1H3. The van der Waals surface area contributed by atoms with Gasteiger partial charge in [-0.05, 0) is 36.8 Å². The highest BCUT2D eigenvalue weighted by atomic mass is 32.2. The van der Waals surface area contributed by atoms with Crippen LogP contribution in [0.1, 0.15) is 36.3 Å². The molecule has 1 saturated heterocycles. The summed E-state index contributed by atoms with van der Waals surface area (Å²) >= 11 is 0. The zero-order valence-electron chi connectivity index (χ0n) is 14.1. The molecule has 5 nitrogen and oxygen atoms in total. The third-order valence-electron chi connectivity index (χ3n) is 5.14. The molecule has 1 aliphatic carbocycles. The Balaban J connectivity index is 1.84. The van der Waals surface area contributed by atoms with Crippen LogP contribution in [0.15, 0.2) is 24.3 Å². The second-order valence-electron chi connectivity index (χ2n) is 6.72. The second kappa shape index (κ2) is 7.23. The van der Waals surface area contributed by atoms with Gasteiger partial charge in [0, 0.05) is 19.7 Å². The van der Waals surface area contributed by atoms with Gasteiger partial charge in [-0.2, -0.15) is 0 Å². The van der Waals surface area contributed by atoms with Crippen molar-refractivity contribution in [2.24, 2.45) is 0 Å². The second-order valence-corrected chi connectivity index (χ2v) is 8.95. The molecule has 132 valence electrons. The summed E-state index contributed by atoms with van der Waals surface area (Å²) in [5.74, 6) is 0.156. The molecule has 0 bridgehead atoms. The maximum Gasteiger partial charge on any atom is 0.230 e. The zero-order valence-corrected chi connectivity index (χ0v) is 14.9. The first-order valence-corrected chi connectivity index (χ1v) is 10.4. The number of amides is 1. The minimum Gasteiger partial charge on any atom is -0.383 e. The van der Waals surface area contributed by atoms with E-state index < -0.39 is 9.84 Å². The van der Waals surface area contributed by atoms with E-state index in [1.165, 1.54) is 5.56 Å². The number of methoxy groups -OCH3 is 1. The van der Waals surface area contributed by atoms with Crippen LogP contribution in [-0.2, 0) is 25.8 Å². The summed E-state index contributed by atoms with van der Waals surface area (Å²) in [5.41, 5.74) is 2.35. The normalized spacial score (nSPS) is 25.2. The van der Waals surface area contributed by atoms with E-state index in [4.69, 9.17) is 4.74 Å². The largest absolute Gasteiger partial charge is 0.383 e. The Labute approximate surface area is 143 Å². The average molecular weight is 351 g/mol. The quantitative estimate of drug-likeness (QED) is 0.811. The number of carbonyl (C=O) groups is 1. The van der Waals surface area contributed by atoms with Crippen molar-refractivity contribution < 1.29 is 17.9 Å². The molecule has 2 aliphatic rings. The summed E-state index contributed by atoms with van der Waals surface area (Å²) in [4.78, 5) is 15.0. The van der Waals surface area contributed by atoms with E-state index in [9.17, 15) is 13.2 Å². The number of hydrogen-bond donors (Lipinski definition) is 0. The number of sulfone groups is 1. The SMILES string of the molecule is COCCN(C(=O)C1CCCc2ccccc21)C1CCS(=O)(=O)C1. The van der Waals surface area contributed by atoms with E-state index >= 15 is 0 Å². The maximum atomic E-state index is 13.2. The highest BCUT2D eigenvalue weighted by Gasteiger charge is 2.38. The Morgan fingerprint density at radius 2 is 2.08 bits per heavy atom. The minimum absolute atomic E-state index is 0.0568. The summed E-state index contributed by atoms with van der Waals surface area (Å²) in [6, 6.07) is 7.90. The number of nitrogens with zero attached hydrogens (tertiary/aromatic N) is 1. The summed E-state index contributed by atoms with van der Waals surface area (Å²) in [7, 11) is -1.42. The molecule has 6 heteroatoms. The number of rotatable bonds is 5. The van der Waals surface area contributed by atoms with E-state index in [0.717, 1.165) is 24.8 Å². The van der Waals surface area contributed by atoms with Gasteiger partial charge in [0.1, 0.15) is 0 Å². The number of benzene rings is 1. The molecule has 1 fully saturated rings. The molecular formula is C18H25NO4S. The maximum absolute atomic E-state index is 13.2. The van der Waals surface area contributed by atoms with Crippen LogP contribution in [0, 0.1) is 0 Å². The van der Waals surface area contributed by atoms with Crippen molar-refractivity contribution in [3.63, 3.8) is 0 Å². The van der Waals surface area contributed by atoms with Gasteiger partial charge in [-0.25, -0.2) is 8.42 Å². The molecule has 1 aromatic carbocycles. The molecule has 0 N–H and O–H groups in total. The summed E-state index contributed by atoms with van der Waals surface area (Å²) in [6.07, 6.45) is 3.37. The van der Waals surface area contributed by atoms with Crippen molar-refractivity contribution in [2.45, 2.75) is 37.6 Å². The topological polar surface area (TPSA) is 63.7 Å². The van der Waals surface area contributed by atoms with Crippen molar-refractivity contribution in [1.29, 1.82) is 0 Å². The van der Waals surface area contributed by atoms with Gasteiger partial charge in [-0.1, -0.05) is 24.3 Å². The monoisotopic (exact) mass is 351 g/mol. The van der Waals surface area contributed by atoms with E-state index in [2.05, 4.69) is 6.07 Å². The highest BCUT2D eigenvalue weighted by Crippen LogP contribution is 2.34. The summed E-state index contributed by atoms with van der Waals surface area (Å²) < 4.78 is 28.8. The van der Waals surface area contributed by atoms with Gasteiger partial charge >= 0.3 is 0 Å². The third kappa shape index (κ3) is 3.64. The van der Waals surface area contributed by atoms with Gasteiger partial charge in [-0.15, -0.1) is 0 Å². The predicted octanol–water partition coefficient (Wildman–Crippen LogP) is 1.77. The van der Waals surface area contributed by atoms with Crippen LogP contribution in [0.4, 0.5) is 0 Å². The molecule has 1 aliphatic heterocycles. The molecule has 2 unspecified atom stereocenters. The lowest BCUT2D eigenvalue weighted by Crippen LogP contribution is -2.45.